The summed E-state index contributed by atoms with van der Waals surface area (Å²) in [5, 5.41) is 7.78. The van der Waals surface area contributed by atoms with E-state index in [4.69, 9.17) is 5.14 Å². The first kappa shape index (κ1) is 16.2. The van der Waals surface area contributed by atoms with Crippen LogP contribution in [0.15, 0.2) is 17.2 Å². The smallest absolute Gasteiger partial charge is 0.267 e. The SMILES string of the molecule is CS(=O)CCNC(=O)c1cc(S(N)(=O)=O)cn1C1CCC1. The third kappa shape index (κ3) is 3.92. The molecule has 1 aliphatic rings. The van der Waals surface area contributed by atoms with Crippen LogP contribution in [-0.2, 0) is 20.8 Å². The summed E-state index contributed by atoms with van der Waals surface area (Å²) < 4.78 is 35.6. The highest BCUT2D eigenvalue weighted by molar-refractivity contribution is 7.89. The molecule has 9 heteroatoms. The summed E-state index contributed by atoms with van der Waals surface area (Å²) >= 11 is 0. The maximum Gasteiger partial charge on any atom is 0.267 e. The maximum atomic E-state index is 12.2. The Bertz CT molecular complexity index is 662. The highest BCUT2D eigenvalue weighted by Gasteiger charge is 2.26. The van der Waals surface area contributed by atoms with E-state index in [9.17, 15) is 17.4 Å². The van der Waals surface area contributed by atoms with Crippen molar-refractivity contribution >= 4 is 26.7 Å². The van der Waals surface area contributed by atoms with E-state index in [0.717, 1.165) is 19.3 Å². The quantitative estimate of drug-likeness (QED) is 0.761. The molecule has 1 saturated carbocycles. The lowest BCUT2D eigenvalue weighted by molar-refractivity contribution is 0.0941. The number of amides is 1. The van der Waals surface area contributed by atoms with Gasteiger partial charge in [-0.15, -0.1) is 0 Å². The minimum atomic E-state index is -3.84. The van der Waals surface area contributed by atoms with Crippen molar-refractivity contribution in [1.29, 1.82) is 0 Å². The minimum Gasteiger partial charge on any atom is -0.350 e. The summed E-state index contributed by atoms with van der Waals surface area (Å²) in [6.45, 7) is 0.280. The van der Waals surface area contributed by atoms with Crippen molar-refractivity contribution in [3.8, 4) is 0 Å². The number of nitrogens with zero attached hydrogens (tertiary/aromatic N) is 1. The molecule has 0 saturated heterocycles. The second kappa shape index (κ2) is 6.29. The Morgan fingerprint density at radius 2 is 2.19 bits per heavy atom. The number of nitrogens with two attached hydrogens (primary N) is 1. The van der Waals surface area contributed by atoms with Gasteiger partial charge in [0.05, 0.1) is 0 Å². The summed E-state index contributed by atoms with van der Waals surface area (Å²) in [5.41, 5.74) is 0.283. The standard InChI is InChI=1S/C12H19N3O4S2/c1-20(17)6-5-14-12(16)11-7-10(21(13,18)19)8-15(11)9-3-2-4-9/h7-9H,2-6H2,1H3,(H,14,16)(H2,13,18,19). The van der Waals surface area contributed by atoms with Gasteiger partial charge in [-0.3, -0.25) is 9.00 Å². The van der Waals surface area contributed by atoms with Crippen molar-refractivity contribution in [3.05, 3.63) is 18.0 Å². The zero-order valence-electron chi connectivity index (χ0n) is 11.7. The second-order valence-electron chi connectivity index (χ2n) is 5.13. The highest BCUT2D eigenvalue weighted by atomic mass is 32.2. The Kier molecular flexibility index (Phi) is 4.84. The summed E-state index contributed by atoms with van der Waals surface area (Å²) in [6, 6.07) is 1.44. The van der Waals surface area contributed by atoms with Crippen LogP contribution in [0.5, 0.6) is 0 Å². The van der Waals surface area contributed by atoms with Gasteiger partial charge in [0.1, 0.15) is 10.6 Å². The highest BCUT2D eigenvalue weighted by Crippen LogP contribution is 2.34. The van der Waals surface area contributed by atoms with Gasteiger partial charge in [-0.05, 0) is 25.3 Å². The van der Waals surface area contributed by atoms with Crippen LogP contribution in [0.1, 0.15) is 35.8 Å². The van der Waals surface area contributed by atoms with Crippen molar-refractivity contribution in [2.24, 2.45) is 5.14 Å². The molecule has 1 aromatic heterocycles. The van der Waals surface area contributed by atoms with E-state index in [2.05, 4.69) is 5.32 Å². The predicted molar refractivity (Wildman–Crippen MR) is 80.0 cm³/mol. The predicted octanol–water partition coefficient (Wildman–Crippen LogP) is -0.0312. The molecule has 1 amide bonds. The van der Waals surface area contributed by atoms with E-state index in [1.165, 1.54) is 12.3 Å². The van der Waals surface area contributed by atoms with E-state index >= 15 is 0 Å². The minimum absolute atomic E-state index is 0.0568. The number of carbonyl (C=O) groups is 1. The van der Waals surface area contributed by atoms with Gasteiger partial charge in [0.15, 0.2) is 0 Å². The molecule has 2 rings (SSSR count). The molecule has 118 valence electrons. The molecule has 0 radical (unpaired) electrons. The third-order valence-electron chi connectivity index (χ3n) is 3.53. The zero-order chi connectivity index (χ0) is 15.6. The number of rotatable bonds is 6. The van der Waals surface area contributed by atoms with Gasteiger partial charge in [0.25, 0.3) is 5.91 Å². The van der Waals surface area contributed by atoms with E-state index in [0.29, 0.717) is 5.75 Å². The summed E-state index contributed by atoms with van der Waals surface area (Å²) in [4.78, 5) is 12.1. The molecule has 21 heavy (non-hydrogen) atoms. The van der Waals surface area contributed by atoms with Gasteiger partial charge in [-0.2, -0.15) is 0 Å². The van der Waals surface area contributed by atoms with Gasteiger partial charge in [-0.25, -0.2) is 13.6 Å². The van der Waals surface area contributed by atoms with Gasteiger partial charge in [-0.1, -0.05) is 0 Å². The molecule has 1 heterocycles. The Balaban J connectivity index is 2.21. The van der Waals surface area contributed by atoms with E-state index in [-0.39, 0.29) is 29.1 Å². The molecule has 0 spiro atoms. The monoisotopic (exact) mass is 333 g/mol. The first-order valence-corrected chi connectivity index (χ1v) is 9.89. The topological polar surface area (TPSA) is 111 Å². The van der Waals surface area contributed by atoms with Crippen LogP contribution < -0.4 is 10.5 Å². The van der Waals surface area contributed by atoms with E-state index in [1.807, 2.05) is 0 Å². The van der Waals surface area contributed by atoms with Crippen LogP contribution in [-0.4, -0.2) is 41.7 Å². The molecule has 1 aliphatic carbocycles. The largest absolute Gasteiger partial charge is 0.350 e. The first-order valence-electron chi connectivity index (χ1n) is 6.62. The number of primary sulfonamides is 1. The molecule has 0 bridgehead atoms. The van der Waals surface area contributed by atoms with Crippen LogP contribution in [0.4, 0.5) is 0 Å². The molecule has 1 aromatic rings. The van der Waals surface area contributed by atoms with Gasteiger partial charge >= 0.3 is 0 Å². The number of carbonyl (C=O) groups excluding carboxylic acids is 1. The molecule has 7 nitrogen and oxygen atoms in total. The molecule has 1 fully saturated rings. The van der Waals surface area contributed by atoms with E-state index in [1.54, 1.807) is 10.8 Å². The molecule has 3 N–H and O–H groups in total. The van der Waals surface area contributed by atoms with Crippen molar-refractivity contribution in [3.63, 3.8) is 0 Å². The fourth-order valence-corrected chi connectivity index (χ4v) is 3.08. The number of hydrogen-bond donors (Lipinski definition) is 2. The Labute approximate surface area is 126 Å². The molecule has 0 aliphatic heterocycles. The summed E-state index contributed by atoms with van der Waals surface area (Å²) in [5.74, 6) is -0.0139. The van der Waals surface area contributed by atoms with Crippen molar-refractivity contribution < 1.29 is 17.4 Å². The lowest BCUT2D eigenvalue weighted by atomic mass is 9.93. The summed E-state index contributed by atoms with van der Waals surface area (Å²) in [7, 11) is -4.83. The Hall–Kier alpha value is -1.19. The van der Waals surface area contributed by atoms with Crippen LogP contribution in [0.3, 0.4) is 0 Å². The van der Waals surface area contributed by atoms with Gasteiger partial charge in [0, 0.05) is 41.6 Å². The van der Waals surface area contributed by atoms with Crippen molar-refractivity contribution in [2.75, 3.05) is 18.6 Å². The molecule has 1 atom stereocenters. The average Bonchev–Trinajstić information content (AvgIpc) is 2.70. The molecule has 1 unspecified atom stereocenters. The van der Waals surface area contributed by atoms with Crippen molar-refractivity contribution in [1.82, 2.24) is 9.88 Å². The molecule has 0 aromatic carbocycles. The van der Waals surface area contributed by atoms with Crippen LogP contribution in [0.2, 0.25) is 0 Å². The van der Waals surface area contributed by atoms with Gasteiger partial charge in [0.2, 0.25) is 10.0 Å². The van der Waals surface area contributed by atoms with Crippen molar-refractivity contribution in [2.45, 2.75) is 30.2 Å². The Morgan fingerprint density at radius 1 is 1.52 bits per heavy atom. The zero-order valence-corrected chi connectivity index (χ0v) is 13.4. The fraction of sp³-hybridized carbons (Fsp3) is 0.583. The first-order chi connectivity index (χ1) is 9.79. The Morgan fingerprint density at radius 3 is 2.67 bits per heavy atom. The number of aromatic nitrogens is 1. The third-order valence-corrected chi connectivity index (χ3v) is 5.19. The second-order valence-corrected chi connectivity index (χ2v) is 8.25. The maximum absolute atomic E-state index is 12.2. The number of sulfonamides is 1. The average molecular weight is 333 g/mol. The van der Waals surface area contributed by atoms with Crippen LogP contribution >= 0.6 is 0 Å². The lowest BCUT2D eigenvalue weighted by Crippen LogP contribution is -2.31. The van der Waals surface area contributed by atoms with Gasteiger partial charge < -0.3 is 9.88 Å². The normalized spacial score (nSPS) is 17.2. The molecular weight excluding hydrogens is 314 g/mol. The summed E-state index contributed by atoms with van der Waals surface area (Å²) in [6.07, 6.45) is 5.87. The van der Waals surface area contributed by atoms with Crippen LogP contribution in [0, 0.1) is 0 Å². The number of hydrogen-bond acceptors (Lipinski definition) is 4. The molecular formula is C12H19N3O4S2. The fourth-order valence-electron chi connectivity index (χ4n) is 2.16. The van der Waals surface area contributed by atoms with Crippen LogP contribution in [0.25, 0.3) is 0 Å². The lowest BCUT2D eigenvalue weighted by Gasteiger charge is -2.28. The number of nitrogens with one attached hydrogen (secondary N) is 1. The van der Waals surface area contributed by atoms with E-state index < -0.39 is 20.8 Å².